The van der Waals surface area contributed by atoms with Crippen molar-refractivity contribution in [1.82, 2.24) is 10.9 Å². The van der Waals surface area contributed by atoms with Gasteiger partial charge in [0.1, 0.15) is 0 Å². The highest BCUT2D eigenvalue weighted by Crippen LogP contribution is 2.23. The van der Waals surface area contributed by atoms with Crippen LogP contribution in [0.2, 0.25) is 0 Å². The Morgan fingerprint density at radius 2 is 1.74 bits per heavy atom. The van der Waals surface area contributed by atoms with Crippen molar-refractivity contribution in [2.24, 2.45) is 5.92 Å². The summed E-state index contributed by atoms with van der Waals surface area (Å²) in [5.74, 6) is -1.03. The number of carbonyl (C=O) groups is 3. The van der Waals surface area contributed by atoms with Crippen LogP contribution in [0.5, 0.6) is 0 Å². The summed E-state index contributed by atoms with van der Waals surface area (Å²) < 4.78 is 22.8. The van der Waals surface area contributed by atoms with E-state index in [0.29, 0.717) is 12.0 Å². The lowest BCUT2D eigenvalue weighted by atomic mass is 10.0. The number of carbonyl (C=O) groups excluding carboxylic acids is 3. The zero-order chi connectivity index (χ0) is 19.4. The van der Waals surface area contributed by atoms with Gasteiger partial charge in [0, 0.05) is 24.8 Å². The highest BCUT2D eigenvalue weighted by molar-refractivity contribution is 7.91. The molecule has 146 valence electrons. The largest absolute Gasteiger partial charge is 0.294 e. The molecule has 27 heavy (non-hydrogen) atoms. The van der Waals surface area contributed by atoms with E-state index in [1.165, 1.54) is 11.1 Å². The average molecular weight is 392 g/mol. The number of ketones is 1. The van der Waals surface area contributed by atoms with Crippen LogP contribution in [0.4, 0.5) is 0 Å². The van der Waals surface area contributed by atoms with Gasteiger partial charge >= 0.3 is 0 Å². The molecule has 1 unspecified atom stereocenters. The zero-order valence-corrected chi connectivity index (χ0v) is 15.9. The molecule has 1 aromatic carbocycles. The molecule has 3 rings (SSSR count). The van der Waals surface area contributed by atoms with Crippen molar-refractivity contribution in [2.75, 3.05) is 11.5 Å². The Kier molecular flexibility index (Phi) is 5.94. The molecule has 2 aliphatic rings. The molecule has 1 atom stereocenters. The number of rotatable bonds is 6. The van der Waals surface area contributed by atoms with Crippen LogP contribution in [0.15, 0.2) is 18.2 Å². The summed E-state index contributed by atoms with van der Waals surface area (Å²) in [5.41, 5.74) is 7.70. The lowest BCUT2D eigenvalue weighted by Gasteiger charge is -2.10. The number of hydrazine groups is 1. The van der Waals surface area contributed by atoms with Gasteiger partial charge in [0.25, 0.3) is 0 Å². The van der Waals surface area contributed by atoms with Gasteiger partial charge < -0.3 is 0 Å². The van der Waals surface area contributed by atoms with Crippen LogP contribution in [0, 0.1) is 5.92 Å². The molecule has 0 bridgehead atoms. The Morgan fingerprint density at radius 3 is 2.48 bits per heavy atom. The number of nitrogens with one attached hydrogen (secondary N) is 2. The van der Waals surface area contributed by atoms with E-state index in [1.54, 1.807) is 0 Å². The fourth-order valence-corrected chi connectivity index (χ4v) is 5.53. The van der Waals surface area contributed by atoms with Gasteiger partial charge in [-0.25, -0.2) is 8.42 Å². The molecule has 0 radical (unpaired) electrons. The number of fused-ring (bicyclic) bond motifs is 1. The molecule has 2 amide bonds. The Balaban J connectivity index is 1.38. The van der Waals surface area contributed by atoms with E-state index in [2.05, 4.69) is 10.9 Å². The molecule has 1 heterocycles. The predicted octanol–water partition coefficient (Wildman–Crippen LogP) is 1.11. The van der Waals surface area contributed by atoms with E-state index in [9.17, 15) is 22.8 Å². The molecule has 1 aliphatic carbocycles. The van der Waals surface area contributed by atoms with E-state index in [1.807, 2.05) is 18.2 Å². The van der Waals surface area contributed by atoms with Gasteiger partial charge in [-0.2, -0.15) is 0 Å². The third-order valence-corrected chi connectivity index (χ3v) is 6.98. The van der Waals surface area contributed by atoms with E-state index < -0.39 is 21.7 Å². The summed E-state index contributed by atoms with van der Waals surface area (Å²) >= 11 is 0. The van der Waals surface area contributed by atoms with Crippen molar-refractivity contribution in [3.63, 3.8) is 0 Å². The minimum absolute atomic E-state index is 0.0175. The number of sulfone groups is 1. The Hall–Kier alpha value is -2.22. The van der Waals surface area contributed by atoms with Crippen molar-refractivity contribution >= 4 is 27.4 Å². The second-order valence-electron chi connectivity index (χ2n) is 7.33. The number of hydrogen-bond acceptors (Lipinski definition) is 5. The van der Waals surface area contributed by atoms with Crippen LogP contribution < -0.4 is 10.9 Å². The first-order valence-corrected chi connectivity index (χ1v) is 11.1. The van der Waals surface area contributed by atoms with E-state index in [-0.39, 0.29) is 42.5 Å². The molecule has 1 saturated heterocycles. The van der Waals surface area contributed by atoms with E-state index in [0.717, 1.165) is 19.3 Å². The van der Waals surface area contributed by atoms with Crippen LogP contribution in [0.25, 0.3) is 0 Å². The van der Waals surface area contributed by atoms with Crippen LogP contribution in [0.3, 0.4) is 0 Å². The summed E-state index contributed by atoms with van der Waals surface area (Å²) in [5, 5.41) is 0. The van der Waals surface area contributed by atoms with Crippen molar-refractivity contribution in [1.29, 1.82) is 0 Å². The van der Waals surface area contributed by atoms with E-state index in [4.69, 9.17) is 0 Å². The Morgan fingerprint density at radius 1 is 1.00 bits per heavy atom. The molecule has 1 aromatic rings. The van der Waals surface area contributed by atoms with Crippen LogP contribution in [-0.2, 0) is 32.3 Å². The maximum absolute atomic E-state index is 12.3. The van der Waals surface area contributed by atoms with Crippen molar-refractivity contribution < 1.29 is 22.8 Å². The van der Waals surface area contributed by atoms with Gasteiger partial charge in [0.05, 0.1) is 11.5 Å². The standard InChI is InChI=1S/C19H24N2O5S/c22-17(16-5-4-14-2-1-3-15(14)11-16)6-7-18(23)20-21-19(24)10-13-8-9-27(25,26)12-13/h4-5,11,13H,1-3,6-10,12H2,(H,20,23)(H,21,24). The van der Waals surface area contributed by atoms with Gasteiger partial charge in [-0.05, 0) is 48.8 Å². The minimum atomic E-state index is -3.03. The number of hydrogen-bond donors (Lipinski definition) is 2. The molecule has 0 saturated carbocycles. The summed E-state index contributed by atoms with van der Waals surface area (Å²) in [7, 11) is -3.03. The van der Waals surface area contributed by atoms with Crippen LogP contribution >= 0.6 is 0 Å². The molecule has 0 spiro atoms. The smallest absolute Gasteiger partial charge is 0.238 e. The highest BCUT2D eigenvalue weighted by Gasteiger charge is 2.29. The number of Topliss-reactive ketones (excluding diaryl/α,β-unsaturated/α-hetero) is 1. The van der Waals surface area contributed by atoms with Gasteiger partial charge in [-0.15, -0.1) is 0 Å². The first kappa shape index (κ1) is 19.5. The number of aryl methyl sites for hydroxylation is 2. The second-order valence-corrected chi connectivity index (χ2v) is 9.56. The zero-order valence-electron chi connectivity index (χ0n) is 15.1. The second kappa shape index (κ2) is 8.21. The lowest BCUT2D eigenvalue weighted by molar-refractivity contribution is -0.129. The summed E-state index contributed by atoms with van der Waals surface area (Å²) in [6, 6.07) is 5.71. The van der Waals surface area contributed by atoms with Crippen molar-refractivity contribution in [3.8, 4) is 0 Å². The summed E-state index contributed by atoms with van der Waals surface area (Å²) in [6.45, 7) is 0. The maximum Gasteiger partial charge on any atom is 0.238 e. The first-order chi connectivity index (χ1) is 12.8. The number of amides is 2. The molecule has 2 N–H and O–H groups in total. The monoisotopic (exact) mass is 392 g/mol. The third kappa shape index (κ3) is 5.38. The molecule has 1 fully saturated rings. The topological polar surface area (TPSA) is 109 Å². The molecular weight excluding hydrogens is 368 g/mol. The average Bonchev–Trinajstić information content (AvgIpc) is 3.22. The van der Waals surface area contributed by atoms with Gasteiger partial charge in [0.15, 0.2) is 15.6 Å². The lowest BCUT2D eigenvalue weighted by Crippen LogP contribution is -2.42. The van der Waals surface area contributed by atoms with Crippen molar-refractivity contribution in [2.45, 2.75) is 44.9 Å². The quantitative estimate of drug-likeness (QED) is 0.557. The molecule has 1 aliphatic heterocycles. The SMILES string of the molecule is O=C(CCC(=O)c1ccc2c(c1)CCC2)NNC(=O)CC1CCS(=O)(=O)C1. The molecule has 8 heteroatoms. The molecular formula is C19H24N2O5S. The minimum Gasteiger partial charge on any atom is -0.294 e. The van der Waals surface area contributed by atoms with Crippen molar-refractivity contribution in [3.05, 3.63) is 34.9 Å². The number of benzene rings is 1. The van der Waals surface area contributed by atoms with Crippen LogP contribution in [0.1, 0.15) is 53.6 Å². The summed E-state index contributed by atoms with van der Waals surface area (Å²) in [4.78, 5) is 35.9. The molecule has 7 nitrogen and oxygen atoms in total. The van der Waals surface area contributed by atoms with Gasteiger partial charge in [-0.1, -0.05) is 12.1 Å². The van der Waals surface area contributed by atoms with Crippen LogP contribution in [-0.4, -0.2) is 37.5 Å². The van der Waals surface area contributed by atoms with E-state index >= 15 is 0 Å². The fourth-order valence-electron chi connectivity index (χ4n) is 3.66. The first-order valence-electron chi connectivity index (χ1n) is 9.25. The Labute approximate surface area is 158 Å². The third-order valence-electron chi connectivity index (χ3n) is 5.14. The molecule has 0 aromatic heterocycles. The normalized spacial score (nSPS) is 20.1. The highest BCUT2D eigenvalue weighted by atomic mass is 32.2. The Bertz CT molecular complexity index is 863. The predicted molar refractivity (Wildman–Crippen MR) is 99.7 cm³/mol. The van der Waals surface area contributed by atoms with Gasteiger partial charge in [-0.3, -0.25) is 25.2 Å². The van der Waals surface area contributed by atoms with Gasteiger partial charge in [0.2, 0.25) is 11.8 Å². The fraction of sp³-hybridized carbons (Fsp3) is 0.526. The maximum atomic E-state index is 12.3. The summed E-state index contributed by atoms with van der Waals surface area (Å²) in [6.07, 6.45) is 3.74.